The van der Waals surface area contributed by atoms with Gasteiger partial charge in [0, 0.05) is 6.07 Å². The molecule has 1 amide bonds. The summed E-state index contributed by atoms with van der Waals surface area (Å²) in [5, 5.41) is 2.11. The second-order valence-electron chi connectivity index (χ2n) is 5.16. The molecule has 0 aliphatic carbocycles. The molecule has 0 aliphatic rings. The molecule has 0 aromatic heterocycles. The Kier molecular flexibility index (Phi) is 6.32. The van der Waals surface area contributed by atoms with Crippen molar-refractivity contribution in [3.8, 4) is 5.75 Å². The van der Waals surface area contributed by atoms with Crippen LogP contribution in [0.25, 0.3) is 0 Å². The summed E-state index contributed by atoms with van der Waals surface area (Å²) in [5.41, 5.74) is -0.0572. The Morgan fingerprint density at radius 3 is 2.26 bits per heavy atom. The first-order valence-corrected chi connectivity index (χ1v) is 7.37. The number of carbonyl (C=O) groups is 2. The standard InChI is InChI=1S/C17H12F5NO4/c18-11-3-6-13(14(19)7-11)16(25)23-8-15(24)26-9-10-1-4-12(5-2-10)27-17(20,21)22/h1-7H,8-9H2,(H,23,25). The number of benzene rings is 2. The summed E-state index contributed by atoms with van der Waals surface area (Å²) in [4.78, 5) is 23.3. The molecule has 0 atom stereocenters. The summed E-state index contributed by atoms with van der Waals surface area (Å²) in [6.45, 7) is -0.836. The van der Waals surface area contributed by atoms with E-state index in [1.54, 1.807) is 0 Å². The van der Waals surface area contributed by atoms with Gasteiger partial charge in [-0.2, -0.15) is 0 Å². The van der Waals surface area contributed by atoms with Crippen molar-refractivity contribution in [2.75, 3.05) is 6.54 Å². The Balaban J connectivity index is 1.80. The molecule has 1 N–H and O–H groups in total. The summed E-state index contributed by atoms with van der Waals surface area (Å²) in [7, 11) is 0. The molecule has 2 aromatic carbocycles. The van der Waals surface area contributed by atoms with E-state index in [1.807, 2.05) is 0 Å². The van der Waals surface area contributed by atoms with Gasteiger partial charge in [0.2, 0.25) is 0 Å². The van der Waals surface area contributed by atoms with Gasteiger partial charge in [-0.25, -0.2) is 8.78 Å². The molecule has 0 aliphatic heterocycles. The lowest BCUT2D eigenvalue weighted by molar-refractivity contribution is -0.274. The molecule has 0 radical (unpaired) electrons. The van der Waals surface area contributed by atoms with E-state index in [1.165, 1.54) is 12.1 Å². The molecule has 5 nitrogen and oxygen atoms in total. The minimum Gasteiger partial charge on any atom is -0.460 e. The zero-order valence-corrected chi connectivity index (χ0v) is 13.5. The third-order valence-electron chi connectivity index (χ3n) is 3.13. The number of hydrogen-bond donors (Lipinski definition) is 1. The molecule has 27 heavy (non-hydrogen) atoms. The maximum Gasteiger partial charge on any atom is 0.573 e. The zero-order valence-electron chi connectivity index (χ0n) is 13.5. The van der Waals surface area contributed by atoms with Gasteiger partial charge in [0.15, 0.2) is 0 Å². The van der Waals surface area contributed by atoms with E-state index >= 15 is 0 Å². The third kappa shape index (κ3) is 6.57. The van der Waals surface area contributed by atoms with E-state index in [0.29, 0.717) is 11.6 Å². The second-order valence-corrected chi connectivity index (χ2v) is 5.16. The smallest absolute Gasteiger partial charge is 0.460 e. The van der Waals surface area contributed by atoms with Crippen LogP contribution < -0.4 is 10.1 Å². The number of rotatable bonds is 6. The topological polar surface area (TPSA) is 64.6 Å². The second kappa shape index (κ2) is 8.47. The SMILES string of the molecule is O=C(CNC(=O)c1ccc(F)cc1F)OCc1ccc(OC(F)(F)F)cc1. The molecule has 144 valence electrons. The molecule has 0 unspecified atom stereocenters. The molecular weight excluding hydrogens is 377 g/mol. The van der Waals surface area contributed by atoms with Gasteiger partial charge in [0.1, 0.15) is 30.5 Å². The number of hydrogen-bond acceptors (Lipinski definition) is 4. The summed E-state index contributed by atoms with van der Waals surface area (Å²) >= 11 is 0. The summed E-state index contributed by atoms with van der Waals surface area (Å²) < 4.78 is 70.9. The van der Waals surface area contributed by atoms with Crippen LogP contribution >= 0.6 is 0 Å². The maximum atomic E-state index is 13.4. The first-order valence-electron chi connectivity index (χ1n) is 7.37. The molecule has 10 heteroatoms. The molecule has 0 fully saturated rings. The van der Waals surface area contributed by atoms with Crippen LogP contribution in [0.4, 0.5) is 22.0 Å². The van der Waals surface area contributed by atoms with E-state index in [0.717, 1.165) is 24.3 Å². The predicted molar refractivity (Wildman–Crippen MR) is 81.6 cm³/mol. The number of esters is 1. The monoisotopic (exact) mass is 389 g/mol. The Morgan fingerprint density at radius 1 is 1.00 bits per heavy atom. The Labute approximate surface area is 149 Å². The van der Waals surface area contributed by atoms with Crippen LogP contribution in [0.2, 0.25) is 0 Å². The summed E-state index contributed by atoms with van der Waals surface area (Å²) in [5.74, 6) is -4.15. The zero-order chi connectivity index (χ0) is 20.0. The summed E-state index contributed by atoms with van der Waals surface area (Å²) in [6.07, 6.45) is -4.81. The van der Waals surface area contributed by atoms with Crippen LogP contribution in [0.5, 0.6) is 5.75 Å². The van der Waals surface area contributed by atoms with Crippen molar-refractivity contribution < 1.29 is 41.0 Å². The first-order chi connectivity index (χ1) is 12.6. The highest BCUT2D eigenvalue weighted by atomic mass is 19.4. The van der Waals surface area contributed by atoms with Gasteiger partial charge in [-0.15, -0.1) is 13.2 Å². The summed E-state index contributed by atoms with van der Waals surface area (Å²) in [6, 6.07) is 6.98. The van der Waals surface area contributed by atoms with Crippen LogP contribution in [0.15, 0.2) is 42.5 Å². The molecule has 0 saturated carbocycles. The predicted octanol–water partition coefficient (Wildman–Crippen LogP) is 3.34. The van der Waals surface area contributed by atoms with Gasteiger partial charge in [0.05, 0.1) is 5.56 Å². The fourth-order valence-corrected chi connectivity index (χ4v) is 1.92. The van der Waals surface area contributed by atoms with Crippen LogP contribution in [-0.4, -0.2) is 24.8 Å². The lowest BCUT2D eigenvalue weighted by Gasteiger charge is -2.10. The quantitative estimate of drug-likeness (QED) is 0.608. The van der Waals surface area contributed by atoms with Crippen molar-refractivity contribution in [1.82, 2.24) is 5.32 Å². The van der Waals surface area contributed by atoms with Gasteiger partial charge in [0.25, 0.3) is 5.91 Å². The molecule has 0 bridgehead atoms. The minimum atomic E-state index is -4.81. The number of alkyl halides is 3. The Morgan fingerprint density at radius 2 is 1.67 bits per heavy atom. The van der Waals surface area contributed by atoms with Gasteiger partial charge < -0.3 is 14.8 Å². The van der Waals surface area contributed by atoms with Gasteiger partial charge in [-0.05, 0) is 29.8 Å². The lowest BCUT2D eigenvalue weighted by atomic mass is 10.2. The number of carbonyl (C=O) groups excluding carboxylic acids is 2. The van der Waals surface area contributed by atoms with Crippen molar-refractivity contribution in [3.05, 3.63) is 65.2 Å². The number of nitrogens with one attached hydrogen (secondary N) is 1. The molecule has 2 rings (SSSR count). The van der Waals surface area contributed by atoms with E-state index in [2.05, 4.69) is 10.1 Å². The minimum absolute atomic E-state index is 0.258. The van der Waals surface area contributed by atoms with Gasteiger partial charge >= 0.3 is 12.3 Å². The van der Waals surface area contributed by atoms with E-state index in [4.69, 9.17) is 4.74 Å². The normalized spacial score (nSPS) is 11.0. The van der Waals surface area contributed by atoms with Crippen molar-refractivity contribution >= 4 is 11.9 Å². The molecule has 0 spiro atoms. The van der Waals surface area contributed by atoms with Gasteiger partial charge in [-0.1, -0.05) is 12.1 Å². The molecule has 0 heterocycles. The average Bonchev–Trinajstić information content (AvgIpc) is 2.57. The molecule has 2 aromatic rings. The molecule has 0 saturated heterocycles. The number of halogens is 5. The van der Waals surface area contributed by atoms with E-state index in [-0.39, 0.29) is 6.61 Å². The van der Waals surface area contributed by atoms with Crippen molar-refractivity contribution in [2.45, 2.75) is 13.0 Å². The number of amides is 1. The highest BCUT2D eigenvalue weighted by Crippen LogP contribution is 2.22. The molecular formula is C17H12F5NO4. The van der Waals surface area contributed by atoms with Crippen LogP contribution in [0.1, 0.15) is 15.9 Å². The Bertz CT molecular complexity index is 821. The van der Waals surface area contributed by atoms with E-state index in [9.17, 15) is 31.5 Å². The fourth-order valence-electron chi connectivity index (χ4n) is 1.92. The largest absolute Gasteiger partial charge is 0.573 e. The van der Waals surface area contributed by atoms with Crippen molar-refractivity contribution in [1.29, 1.82) is 0 Å². The van der Waals surface area contributed by atoms with Crippen molar-refractivity contribution in [2.24, 2.45) is 0 Å². The van der Waals surface area contributed by atoms with Crippen molar-refractivity contribution in [3.63, 3.8) is 0 Å². The lowest BCUT2D eigenvalue weighted by Crippen LogP contribution is -2.31. The maximum absolute atomic E-state index is 13.4. The highest BCUT2D eigenvalue weighted by molar-refractivity contribution is 5.96. The highest BCUT2D eigenvalue weighted by Gasteiger charge is 2.30. The van der Waals surface area contributed by atoms with Crippen LogP contribution in [-0.2, 0) is 16.1 Å². The first kappa shape index (κ1) is 20.1. The van der Waals surface area contributed by atoms with E-state index < -0.39 is 47.7 Å². The van der Waals surface area contributed by atoms with Gasteiger partial charge in [-0.3, -0.25) is 9.59 Å². The fraction of sp³-hybridized carbons (Fsp3) is 0.176. The third-order valence-corrected chi connectivity index (χ3v) is 3.13. The van der Waals surface area contributed by atoms with Crippen LogP contribution in [0, 0.1) is 11.6 Å². The Hall–Kier alpha value is -3.17. The average molecular weight is 389 g/mol. The van der Waals surface area contributed by atoms with Crippen LogP contribution in [0.3, 0.4) is 0 Å². The number of ether oxygens (including phenoxy) is 2.